The number of nitrogens with one attached hydrogen (secondary N) is 1. The zero-order chi connectivity index (χ0) is 15.8. The van der Waals surface area contributed by atoms with E-state index in [0.717, 1.165) is 25.0 Å². The Bertz CT molecular complexity index is 598. The Morgan fingerprint density at radius 3 is 2.65 bits per heavy atom. The van der Waals surface area contributed by atoms with Crippen molar-refractivity contribution in [1.29, 1.82) is 0 Å². The molecule has 1 aromatic heterocycles. The molecule has 23 heavy (non-hydrogen) atoms. The van der Waals surface area contributed by atoms with Crippen LogP contribution in [0.1, 0.15) is 41.4 Å². The molecule has 6 heteroatoms. The molecule has 1 amide bonds. The first-order valence-corrected chi connectivity index (χ1v) is 7.83. The summed E-state index contributed by atoms with van der Waals surface area (Å²) in [5.41, 5.74) is 8.27. The number of hydrogen-bond donors (Lipinski definition) is 2. The van der Waals surface area contributed by atoms with Crippen molar-refractivity contribution in [3.8, 4) is 0 Å². The van der Waals surface area contributed by atoms with E-state index in [1.807, 2.05) is 29.8 Å². The van der Waals surface area contributed by atoms with Gasteiger partial charge in [0.15, 0.2) is 0 Å². The molecule has 2 aromatic rings. The van der Waals surface area contributed by atoms with Gasteiger partial charge in [-0.2, -0.15) is 5.10 Å². The van der Waals surface area contributed by atoms with Crippen molar-refractivity contribution in [2.24, 2.45) is 5.73 Å². The van der Waals surface area contributed by atoms with Crippen LogP contribution < -0.4 is 11.1 Å². The summed E-state index contributed by atoms with van der Waals surface area (Å²) in [5.74, 6) is -0.0480. The highest BCUT2D eigenvalue weighted by molar-refractivity contribution is 5.95. The maximum absolute atomic E-state index is 12.3. The Kier molecular flexibility index (Phi) is 8.37. The van der Waals surface area contributed by atoms with Crippen LogP contribution in [0.3, 0.4) is 0 Å². The van der Waals surface area contributed by atoms with Crippen LogP contribution in [0.4, 0.5) is 0 Å². The number of carbonyl (C=O) groups is 1. The van der Waals surface area contributed by atoms with Crippen LogP contribution in [-0.4, -0.2) is 28.8 Å². The van der Waals surface area contributed by atoms with E-state index in [1.54, 1.807) is 6.20 Å². The summed E-state index contributed by atoms with van der Waals surface area (Å²) in [6.07, 6.45) is 4.27. The number of amides is 1. The van der Waals surface area contributed by atoms with Gasteiger partial charge in [-0.3, -0.25) is 9.48 Å². The van der Waals surface area contributed by atoms with Gasteiger partial charge >= 0.3 is 0 Å². The van der Waals surface area contributed by atoms with E-state index in [9.17, 15) is 4.79 Å². The number of halogens is 1. The monoisotopic (exact) mass is 336 g/mol. The molecule has 5 nitrogen and oxygen atoms in total. The standard InChI is InChI=1S/C17H24N4O.ClH/c1-2-16-15(17(22)19-11-7-6-10-18)12-20-21(16)13-14-8-4-3-5-9-14;/h3-5,8-9,12H,2,6-7,10-11,13,18H2,1H3,(H,19,22);1H. The van der Waals surface area contributed by atoms with Gasteiger partial charge in [0.05, 0.1) is 24.0 Å². The molecule has 0 bridgehead atoms. The van der Waals surface area contributed by atoms with E-state index in [4.69, 9.17) is 5.73 Å². The number of unbranched alkanes of at least 4 members (excludes halogenated alkanes) is 1. The quantitative estimate of drug-likeness (QED) is 0.727. The average molecular weight is 337 g/mol. The number of carbonyl (C=O) groups excluding carboxylic acids is 1. The van der Waals surface area contributed by atoms with Gasteiger partial charge in [0, 0.05) is 6.54 Å². The lowest BCUT2D eigenvalue weighted by atomic mass is 10.1. The fourth-order valence-corrected chi connectivity index (χ4v) is 2.43. The van der Waals surface area contributed by atoms with Gasteiger partial charge in [-0.05, 0) is 31.4 Å². The predicted molar refractivity (Wildman–Crippen MR) is 95.0 cm³/mol. The molecule has 1 heterocycles. The van der Waals surface area contributed by atoms with Crippen LogP contribution >= 0.6 is 12.4 Å². The molecule has 0 unspecified atom stereocenters. The first-order chi connectivity index (χ1) is 10.8. The first-order valence-electron chi connectivity index (χ1n) is 7.83. The lowest BCUT2D eigenvalue weighted by Crippen LogP contribution is -2.25. The number of nitrogens with two attached hydrogens (primary N) is 1. The summed E-state index contributed by atoms with van der Waals surface area (Å²) in [6.45, 7) is 4.04. The first kappa shape index (κ1) is 19.2. The summed E-state index contributed by atoms with van der Waals surface area (Å²) in [7, 11) is 0. The number of hydrogen-bond acceptors (Lipinski definition) is 3. The van der Waals surface area contributed by atoms with Gasteiger partial charge in [0.25, 0.3) is 5.91 Å². The van der Waals surface area contributed by atoms with Crippen LogP contribution in [0.25, 0.3) is 0 Å². The number of nitrogens with zero attached hydrogens (tertiary/aromatic N) is 2. The molecule has 1 aromatic carbocycles. The molecular formula is C17H25ClN4O. The van der Waals surface area contributed by atoms with Gasteiger partial charge in [0.2, 0.25) is 0 Å². The van der Waals surface area contributed by atoms with E-state index in [-0.39, 0.29) is 18.3 Å². The minimum atomic E-state index is -0.0480. The number of benzene rings is 1. The fraction of sp³-hybridized carbons (Fsp3) is 0.412. The minimum absolute atomic E-state index is 0. The molecule has 0 atom stereocenters. The molecule has 0 aliphatic heterocycles. The molecule has 3 N–H and O–H groups in total. The highest BCUT2D eigenvalue weighted by atomic mass is 35.5. The zero-order valence-electron chi connectivity index (χ0n) is 13.5. The Morgan fingerprint density at radius 1 is 1.26 bits per heavy atom. The Hall–Kier alpha value is -1.85. The fourth-order valence-electron chi connectivity index (χ4n) is 2.43. The third-order valence-electron chi connectivity index (χ3n) is 3.62. The van der Waals surface area contributed by atoms with Gasteiger partial charge in [-0.15, -0.1) is 12.4 Å². The summed E-state index contributed by atoms with van der Waals surface area (Å²) in [4.78, 5) is 12.3. The summed E-state index contributed by atoms with van der Waals surface area (Å²) >= 11 is 0. The predicted octanol–water partition coefficient (Wildman–Crippen LogP) is 2.38. The normalized spacial score (nSPS) is 10.2. The molecule has 0 aliphatic rings. The van der Waals surface area contributed by atoms with Crippen LogP contribution in [0, 0.1) is 0 Å². The molecular weight excluding hydrogens is 312 g/mol. The van der Waals surface area contributed by atoms with E-state index in [2.05, 4.69) is 22.5 Å². The van der Waals surface area contributed by atoms with Gasteiger partial charge < -0.3 is 11.1 Å². The van der Waals surface area contributed by atoms with Gasteiger partial charge in [-0.25, -0.2) is 0 Å². The molecule has 2 rings (SSSR count). The lowest BCUT2D eigenvalue weighted by molar-refractivity contribution is 0.0952. The smallest absolute Gasteiger partial charge is 0.254 e. The van der Waals surface area contributed by atoms with E-state index >= 15 is 0 Å². The Balaban J connectivity index is 0.00000264. The summed E-state index contributed by atoms with van der Waals surface area (Å²) < 4.78 is 1.91. The number of aromatic nitrogens is 2. The van der Waals surface area contributed by atoms with Gasteiger partial charge in [-0.1, -0.05) is 37.3 Å². The Morgan fingerprint density at radius 2 is 2.00 bits per heavy atom. The average Bonchev–Trinajstić information content (AvgIpc) is 2.95. The van der Waals surface area contributed by atoms with Crippen molar-refractivity contribution in [3.05, 3.63) is 53.3 Å². The van der Waals surface area contributed by atoms with Crippen molar-refractivity contribution in [1.82, 2.24) is 15.1 Å². The largest absolute Gasteiger partial charge is 0.352 e. The van der Waals surface area contributed by atoms with Crippen molar-refractivity contribution in [2.45, 2.75) is 32.7 Å². The molecule has 0 aliphatic carbocycles. The van der Waals surface area contributed by atoms with Crippen LogP contribution in [0.15, 0.2) is 36.5 Å². The van der Waals surface area contributed by atoms with Crippen LogP contribution in [-0.2, 0) is 13.0 Å². The second kappa shape index (κ2) is 10.0. The zero-order valence-corrected chi connectivity index (χ0v) is 14.3. The molecule has 0 fully saturated rings. The lowest BCUT2D eigenvalue weighted by Gasteiger charge is -2.08. The molecule has 0 radical (unpaired) electrons. The second-order valence-electron chi connectivity index (χ2n) is 5.25. The van der Waals surface area contributed by atoms with E-state index in [1.165, 1.54) is 5.56 Å². The molecule has 0 saturated heterocycles. The topological polar surface area (TPSA) is 72.9 Å². The molecule has 0 spiro atoms. The van der Waals surface area contributed by atoms with Crippen molar-refractivity contribution < 1.29 is 4.79 Å². The highest BCUT2D eigenvalue weighted by Crippen LogP contribution is 2.12. The van der Waals surface area contributed by atoms with Crippen LogP contribution in [0.2, 0.25) is 0 Å². The minimum Gasteiger partial charge on any atom is -0.352 e. The SMILES string of the molecule is CCc1c(C(=O)NCCCCN)cnn1Cc1ccccc1.Cl. The highest BCUT2D eigenvalue weighted by Gasteiger charge is 2.15. The van der Waals surface area contributed by atoms with Crippen molar-refractivity contribution in [3.63, 3.8) is 0 Å². The van der Waals surface area contributed by atoms with Gasteiger partial charge in [0.1, 0.15) is 0 Å². The van der Waals surface area contributed by atoms with E-state index in [0.29, 0.717) is 25.2 Å². The summed E-state index contributed by atoms with van der Waals surface area (Å²) in [5, 5.41) is 7.32. The van der Waals surface area contributed by atoms with Crippen molar-refractivity contribution in [2.75, 3.05) is 13.1 Å². The maximum atomic E-state index is 12.3. The number of rotatable bonds is 8. The second-order valence-corrected chi connectivity index (χ2v) is 5.25. The Labute approximate surface area is 143 Å². The third-order valence-corrected chi connectivity index (χ3v) is 3.62. The third kappa shape index (κ3) is 5.37. The summed E-state index contributed by atoms with van der Waals surface area (Å²) in [6, 6.07) is 10.1. The molecule has 0 saturated carbocycles. The van der Waals surface area contributed by atoms with E-state index < -0.39 is 0 Å². The molecule has 126 valence electrons. The van der Waals surface area contributed by atoms with Crippen LogP contribution in [0.5, 0.6) is 0 Å². The van der Waals surface area contributed by atoms with Crippen molar-refractivity contribution >= 4 is 18.3 Å². The maximum Gasteiger partial charge on any atom is 0.254 e.